The largest absolute Gasteiger partial charge is 0.300 e. The molecule has 2 fully saturated rings. The van der Waals surface area contributed by atoms with Gasteiger partial charge in [0.15, 0.2) is 5.78 Å². The molecule has 0 aromatic heterocycles. The van der Waals surface area contributed by atoms with E-state index in [2.05, 4.69) is 53.3 Å². The number of carbonyl (C=O) groups excluding carboxylic acids is 7. The van der Waals surface area contributed by atoms with Crippen LogP contribution in [-0.4, -0.2) is 40.5 Å². The maximum absolute atomic E-state index is 14.5. The number of fused-ring (bicyclic) bond motifs is 1. The van der Waals surface area contributed by atoms with Gasteiger partial charge in [-0.15, -0.1) is 6.58 Å². The summed E-state index contributed by atoms with van der Waals surface area (Å²) in [5.74, 6) is -2.58. The van der Waals surface area contributed by atoms with Crippen molar-refractivity contribution in [3.05, 3.63) is 85.0 Å². The Labute approximate surface area is 456 Å². The molecule has 0 N–H and O–H groups in total. The predicted molar refractivity (Wildman–Crippen MR) is 318 cm³/mol. The number of benzene rings is 1. The molecule has 0 aliphatic heterocycles. The second-order valence-corrected chi connectivity index (χ2v) is 20.5. The molecule has 7 unspecified atom stereocenters. The highest BCUT2D eigenvalue weighted by Gasteiger charge is 2.54. The van der Waals surface area contributed by atoms with E-state index < -0.39 is 40.7 Å². The van der Waals surface area contributed by atoms with Crippen LogP contribution < -0.4 is 0 Å². The van der Waals surface area contributed by atoms with Gasteiger partial charge in [-0.1, -0.05) is 224 Å². The monoisotopic (exact) mass is 1030 g/mol. The second-order valence-electron chi connectivity index (χ2n) is 20.5. The number of Topliss-reactive ketones (excluding diaryl/α,β-unsaturated/α-hetero) is 6. The zero-order chi connectivity index (χ0) is 58.2. The first-order valence-corrected chi connectivity index (χ1v) is 29.5. The van der Waals surface area contributed by atoms with E-state index in [4.69, 9.17) is 0 Å². The maximum atomic E-state index is 14.5. The Morgan fingerprint density at radius 1 is 0.743 bits per heavy atom. The topological polar surface area (TPSA) is 119 Å². The third-order valence-electron chi connectivity index (χ3n) is 14.3. The van der Waals surface area contributed by atoms with E-state index in [0.29, 0.717) is 32.1 Å². The van der Waals surface area contributed by atoms with Crippen LogP contribution in [-0.2, 0) is 33.6 Å². The van der Waals surface area contributed by atoms with Crippen LogP contribution in [0.15, 0.2) is 79.4 Å². The van der Waals surface area contributed by atoms with Crippen LogP contribution >= 0.6 is 0 Å². The molecule has 0 radical (unpaired) electrons. The molecule has 9 atom stereocenters. The summed E-state index contributed by atoms with van der Waals surface area (Å²) < 4.78 is 0. The molecular formula is C67H114O7. The van der Waals surface area contributed by atoms with Gasteiger partial charge in [-0.05, 0) is 107 Å². The number of rotatable bonds is 21. The van der Waals surface area contributed by atoms with Gasteiger partial charge in [-0.2, -0.15) is 0 Å². The van der Waals surface area contributed by atoms with Crippen molar-refractivity contribution in [1.29, 1.82) is 0 Å². The molecule has 0 spiro atoms. The van der Waals surface area contributed by atoms with E-state index >= 15 is 0 Å². The SMILES string of the molecule is C=C[C@H](C(=O)C1(C)CC2C=CC=CC2C[C@H]1C(=O)C(C)C(CCC)C(=O)C(=O)C(C)CCC(C)=O)C1CCCCC1.CC.CC.CC.CC.CCC.CCC(C(C)=O)c1ccccc1.CCC(C)(C)/C=C\C(C)=O. The molecule has 0 heterocycles. The molecule has 74 heavy (non-hydrogen) atoms. The van der Waals surface area contributed by atoms with Crippen LogP contribution in [0.1, 0.15) is 247 Å². The fraction of sp³-hybridized carbons (Fsp3) is 0.687. The van der Waals surface area contributed by atoms with Crippen molar-refractivity contribution in [2.75, 3.05) is 0 Å². The van der Waals surface area contributed by atoms with E-state index in [-0.39, 0.29) is 70.3 Å². The first kappa shape index (κ1) is 76.4. The molecule has 7 nitrogen and oxygen atoms in total. The smallest absolute Gasteiger partial charge is 0.202 e. The highest BCUT2D eigenvalue weighted by molar-refractivity contribution is 6.39. The standard InChI is InChI=1S/C36H52O5.C11H14O.C9H16O.C3H8.4C2H6/c1-7-14-30(34(40)32(38)23(3)19-20-24(4)37)25(5)33(39)31-21-27-17-12-13-18-28(27)22-36(31,6)35(41)29(8-2)26-15-10-9-11-16-26;1-3-11(9(2)12)10-7-5-4-6-8-10;1-5-9(3,4)7-6-8(2)10;1-3-2;4*1-2/h8,12-13,17-18,23,25-31H,2,7,9-11,14-16,19-22H2,1,3-6H3;4-8,11H,3H2,1-2H3;6-7H,5H2,1-4H3;3H2,1-2H3;4*1-2H3/b;;7-6-;;;;;/t23?,25?,27?,28?,29-,30?,31-,36?;;;;;;;/m0......./s1. The minimum Gasteiger partial charge on any atom is -0.300 e. The van der Waals surface area contributed by atoms with E-state index in [9.17, 15) is 33.6 Å². The van der Waals surface area contributed by atoms with Gasteiger partial charge in [-0.3, -0.25) is 28.8 Å². The lowest BCUT2D eigenvalue weighted by atomic mass is 9.53. The van der Waals surface area contributed by atoms with Crippen LogP contribution in [0.3, 0.4) is 0 Å². The van der Waals surface area contributed by atoms with E-state index in [0.717, 1.165) is 44.1 Å². The van der Waals surface area contributed by atoms with Gasteiger partial charge in [0.1, 0.15) is 23.1 Å². The van der Waals surface area contributed by atoms with E-state index in [1.54, 1.807) is 33.8 Å². The van der Waals surface area contributed by atoms with Crippen LogP contribution in [0.5, 0.6) is 0 Å². The second kappa shape index (κ2) is 44.0. The van der Waals surface area contributed by atoms with Crippen molar-refractivity contribution in [2.24, 2.45) is 58.2 Å². The zero-order valence-electron chi connectivity index (χ0n) is 51.6. The Hall–Kier alpha value is -4.13. The predicted octanol–water partition coefficient (Wildman–Crippen LogP) is 18.3. The Bertz CT molecular complexity index is 1810. The van der Waals surface area contributed by atoms with Gasteiger partial charge in [0.25, 0.3) is 0 Å². The fourth-order valence-corrected chi connectivity index (χ4v) is 9.74. The molecule has 2 saturated carbocycles. The Morgan fingerprint density at radius 3 is 1.69 bits per heavy atom. The van der Waals surface area contributed by atoms with Crippen molar-refractivity contribution < 1.29 is 33.6 Å². The number of carbonyl (C=O) groups is 7. The molecule has 1 aromatic carbocycles. The third-order valence-corrected chi connectivity index (χ3v) is 14.3. The van der Waals surface area contributed by atoms with Crippen molar-refractivity contribution in [2.45, 2.75) is 241 Å². The Morgan fingerprint density at radius 2 is 1.26 bits per heavy atom. The number of ketones is 7. The summed E-state index contributed by atoms with van der Waals surface area (Å²) in [7, 11) is 0. The van der Waals surface area contributed by atoms with Gasteiger partial charge in [0.05, 0.1) is 0 Å². The molecule has 0 bridgehead atoms. The summed E-state index contributed by atoms with van der Waals surface area (Å²) in [5.41, 5.74) is 0.440. The summed E-state index contributed by atoms with van der Waals surface area (Å²) >= 11 is 0. The lowest BCUT2D eigenvalue weighted by Gasteiger charge is -2.48. The minimum atomic E-state index is -0.864. The average Bonchev–Trinajstić information content (AvgIpc) is 3.41. The quantitative estimate of drug-likeness (QED) is 0.0683. The van der Waals surface area contributed by atoms with Crippen molar-refractivity contribution >= 4 is 40.5 Å². The van der Waals surface area contributed by atoms with Gasteiger partial charge >= 0.3 is 0 Å². The van der Waals surface area contributed by atoms with Crippen molar-refractivity contribution in [3.63, 3.8) is 0 Å². The zero-order valence-corrected chi connectivity index (χ0v) is 51.6. The maximum Gasteiger partial charge on any atom is 0.202 e. The lowest BCUT2D eigenvalue weighted by molar-refractivity contribution is -0.151. The van der Waals surface area contributed by atoms with Gasteiger partial charge < -0.3 is 4.79 Å². The molecule has 4 rings (SSSR count). The Balaban J connectivity index is -0.000000602. The number of hydrogen-bond acceptors (Lipinski definition) is 7. The first-order chi connectivity index (χ1) is 35.1. The molecule has 3 aliphatic rings. The lowest BCUT2D eigenvalue weighted by Crippen LogP contribution is -2.52. The number of allylic oxidation sites excluding steroid dienone is 7. The minimum absolute atomic E-state index is 0.0111. The Kier molecular flexibility index (Phi) is 45.5. The fourth-order valence-electron chi connectivity index (χ4n) is 9.74. The van der Waals surface area contributed by atoms with Crippen LogP contribution in [0.2, 0.25) is 0 Å². The third kappa shape index (κ3) is 27.6. The van der Waals surface area contributed by atoms with Crippen LogP contribution in [0.4, 0.5) is 0 Å². The first-order valence-electron chi connectivity index (χ1n) is 29.5. The van der Waals surface area contributed by atoms with Crippen LogP contribution in [0, 0.1) is 58.2 Å². The van der Waals surface area contributed by atoms with Gasteiger partial charge in [0, 0.05) is 47.3 Å². The summed E-state index contributed by atoms with van der Waals surface area (Å²) in [6, 6.07) is 9.93. The highest BCUT2D eigenvalue weighted by Crippen LogP contribution is 2.52. The summed E-state index contributed by atoms with van der Waals surface area (Å²) in [5, 5.41) is 0. The normalized spacial score (nSPS) is 20.4. The summed E-state index contributed by atoms with van der Waals surface area (Å²) in [6.07, 6.45) is 25.4. The summed E-state index contributed by atoms with van der Waals surface area (Å²) in [6.45, 7) is 44.8. The summed E-state index contributed by atoms with van der Waals surface area (Å²) in [4.78, 5) is 88.8. The van der Waals surface area contributed by atoms with Gasteiger partial charge in [0.2, 0.25) is 11.6 Å². The van der Waals surface area contributed by atoms with E-state index in [1.165, 1.54) is 19.8 Å². The molecule has 0 amide bonds. The molecule has 0 saturated heterocycles. The highest BCUT2D eigenvalue weighted by atomic mass is 16.2. The molecule has 424 valence electrons. The molecule has 3 aliphatic carbocycles. The molecular weight excluding hydrogens is 917 g/mol. The van der Waals surface area contributed by atoms with Gasteiger partial charge in [-0.25, -0.2) is 0 Å². The number of hydrogen-bond donors (Lipinski definition) is 0. The average molecular weight is 1030 g/mol. The molecule has 7 heteroatoms. The van der Waals surface area contributed by atoms with E-state index in [1.807, 2.05) is 131 Å². The molecule has 1 aromatic rings. The van der Waals surface area contributed by atoms with Crippen molar-refractivity contribution in [1.82, 2.24) is 0 Å². The van der Waals surface area contributed by atoms with Crippen LogP contribution in [0.25, 0.3) is 0 Å². The van der Waals surface area contributed by atoms with Crippen molar-refractivity contribution in [3.8, 4) is 0 Å².